The molecule has 0 radical (unpaired) electrons. The van der Waals surface area contributed by atoms with E-state index in [9.17, 15) is 9.18 Å². The van der Waals surface area contributed by atoms with Gasteiger partial charge in [-0.25, -0.2) is 4.39 Å². The van der Waals surface area contributed by atoms with Gasteiger partial charge in [0.25, 0.3) is 0 Å². The number of rotatable bonds is 4. The van der Waals surface area contributed by atoms with Crippen molar-refractivity contribution in [2.24, 2.45) is 0 Å². The minimum Gasteiger partial charge on any atom is -0.377 e. The minimum absolute atomic E-state index is 0.0319. The second kappa shape index (κ2) is 11.1. The average Bonchev–Trinajstić information content (AvgIpc) is 2.39. The van der Waals surface area contributed by atoms with Crippen LogP contribution in [0.1, 0.15) is 52.7 Å². The molecule has 0 aliphatic carbocycles. The van der Waals surface area contributed by atoms with E-state index < -0.39 is 5.82 Å². The molecule has 0 saturated heterocycles. The molecule has 0 unspecified atom stereocenters. The van der Waals surface area contributed by atoms with Crippen molar-refractivity contribution in [2.75, 3.05) is 11.9 Å². The first-order valence-electron chi connectivity index (χ1n) is 7.00. The smallest absolute Gasteiger partial charge is 0.148 e. The van der Waals surface area contributed by atoms with E-state index in [0.717, 1.165) is 5.56 Å². The number of hydrogen-bond acceptors (Lipinski definition) is 3. The van der Waals surface area contributed by atoms with Crippen LogP contribution < -0.4 is 5.32 Å². The summed E-state index contributed by atoms with van der Waals surface area (Å²) in [5.41, 5.74) is 1.63. The normalized spacial score (nSPS) is 8.60. The van der Waals surface area contributed by atoms with Crippen LogP contribution in [0.15, 0.2) is 12.1 Å². The standard InChI is InChI=1S/C12H15FN2O.2C2H6/c1-7-4-10(13)12(9(3)14)11(5-7)15-6-8(2)16;2*1-2/h4-5,14-15H,6H2,1-3H3;2*1-2H3. The maximum Gasteiger partial charge on any atom is 0.148 e. The summed E-state index contributed by atoms with van der Waals surface area (Å²) in [6, 6.07) is 3.12. The van der Waals surface area contributed by atoms with Gasteiger partial charge in [-0.2, -0.15) is 0 Å². The third-order valence-electron chi connectivity index (χ3n) is 2.14. The summed E-state index contributed by atoms with van der Waals surface area (Å²) in [6.45, 7) is 12.9. The zero-order valence-corrected chi connectivity index (χ0v) is 13.6. The van der Waals surface area contributed by atoms with E-state index in [1.807, 2.05) is 27.7 Å². The summed E-state index contributed by atoms with van der Waals surface area (Å²) >= 11 is 0. The summed E-state index contributed by atoms with van der Waals surface area (Å²) in [7, 11) is 0. The molecule has 1 rings (SSSR count). The van der Waals surface area contributed by atoms with Gasteiger partial charge in [0.05, 0.1) is 12.1 Å². The molecule has 114 valence electrons. The number of carbonyl (C=O) groups excluding carboxylic acids is 1. The number of halogens is 1. The maximum absolute atomic E-state index is 13.6. The van der Waals surface area contributed by atoms with E-state index in [1.165, 1.54) is 19.9 Å². The van der Waals surface area contributed by atoms with Gasteiger partial charge in [0.1, 0.15) is 11.6 Å². The molecule has 0 heterocycles. The predicted octanol–water partition coefficient (Wildman–Crippen LogP) is 4.58. The fourth-order valence-corrected chi connectivity index (χ4v) is 1.48. The van der Waals surface area contributed by atoms with Gasteiger partial charge < -0.3 is 10.7 Å². The Labute approximate surface area is 122 Å². The quantitative estimate of drug-likeness (QED) is 0.794. The van der Waals surface area contributed by atoms with Gasteiger partial charge in [-0.05, 0) is 38.5 Å². The highest BCUT2D eigenvalue weighted by atomic mass is 19.1. The van der Waals surface area contributed by atoms with E-state index in [2.05, 4.69) is 5.32 Å². The third-order valence-corrected chi connectivity index (χ3v) is 2.14. The summed E-state index contributed by atoms with van der Waals surface area (Å²) in [4.78, 5) is 10.9. The molecule has 0 aliphatic rings. The summed E-state index contributed by atoms with van der Waals surface area (Å²) in [5.74, 6) is -0.464. The van der Waals surface area contributed by atoms with Crippen molar-refractivity contribution in [3.63, 3.8) is 0 Å². The third kappa shape index (κ3) is 7.02. The molecule has 2 N–H and O–H groups in total. The van der Waals surface area contributed by atoms with Crippen molar-refractivity contribution in [3.05, 3.63) is 29.1 Å². The van der Waals surface area contributed by atoms with Gasteiger partial charge in [-0.3, -0.25) is 4.79 Å². The van der Waals surface area contributed by atoms with Crippen LogP contribution >= 0.6 is 0 Å². The zero-order valence-electron chi connectivity index (χ0n) is 13.6. The lowest BCUT2D eigenvalue weighted by Gasteiger charge is -2.12. The largest absolute Gasteiger partial charge is 0.377 e. The first-order chi connectivity index (χ1) is 9.41. The number of Topliss-reactive ketones (excluding diaryl/α,β-unsaturated/α-hetero) is 1. The predicted molar refractivity (Wildman–Crippen MR) is 85.5 cm³/mol. The van der Waals surface area contributed by atoms with E-state index in [4.69, 9.17) is 5.41 Å². The molecule has 0 bridgehead atoms. The summed E-state index contributed by atoms with van der Waals surface area (Å²) in [6.07, 6.45) is 0. The number of anilines is 1. The molecular formula is C16H27FN2O. The molecule has 0 fully saturated rings. The molecule has 0 saturated carbocycles. The SMILES string of the molecule is CC.CC.CC(=N)c1c(F)cc(C)cc1NCC(C)=O. The Kier molecular flexibility index (Phi) is 11.5. The molecule has 3 nitrogen and oxygen atoms in total. The Balaban J connectivity index is 0. The van der Waals surface area contributed by atoms with Gasteiger partial charge in [-0.15, -0.1) is 0 Å². The highest BCUT2D eigenvalue weighted by Gasteiger charge is 2.11. The second-order valence-corrected chi connectivity index (χ2v) is 3.85. The molecule has 0 aliphatic heterocycles. The van der Waals surface area contributed by atoms with Gasteiger partial charge in [0.2, 0.25) is 0 Å². The van der Waals surface area contributed by atoms with Crippen molar-refractivity contribution >= 4 is 17.2 Å². The van der Waals surface area contributed by atoms with Gasteiger partial charge in [-0.1, -0.05) is 27.7 Å². The van der Waals surface area contributed by atoms with Crippen molar-refractivity contribution < 1.29 is 9.18 Å². The first kappa shape index (κ1) is 20.6. The fourth-order valence-electron chi connectivity index (χ4n) is 1.48. The summed E-state index contributed by atoms with van der Waals surface area (Å²) in [5, 5.41) is 10.4. The van der Waals surface area contributed by atoms with Crippen LogP contribution in [0.5, 0.6) is 0 Å². The second-order valence-electron chi connectivity index (χ2n) is 3.85. The minimum atomic E-state index is -0.432. The lowest BCUT2D eigenvalue weighted by atomic mass is 10.0. The highest BCUT2D eigenvalue weighted by molar-refractivity contribution is 6.02. The summed E-state index contributed by atoms with van der Waals surface area (Å²) < 4.78 is 13.6. The lowest BCUT2D eigenvalue weighted by molar-refractivity contribution is -0.115. The molecule has 1 aromatic rings. The van der Waals surface area contributed by atoms with Crippen LogP contribution in [0.25, 0.3) is 0 Å². The Morgan fingerprint density at radius 3 is 2.10 bits per heavy atom. The Bertz CT molecular complexity index is 442. The monoisotopic (exact) mass is 282 g/mol. The number of nitrogens with one attached hydrogen (secondary N) is 2. The van der Waals surface area contributed by atoms with Crippen molar-refractivity contribution in [2.45, 2.75) is 48.5 Å². The van der Waals surface area contributed by atoms with Crippen LogP contribution in [0.4, 0.5) is 10.1 Å². The number of ketones is 1. The van der Waals surface area contributed by atoms with E-state index >= 15 is 0 Å². The van der Waals surface area contributed by atoms with E-state index in [-0.39, 0.29) is 23.6 Å². The van der Waals surface area contributed by atoms with Crippen molar-refractivity contribution in [1.82, 2.24) is 0 Å². The van der Waals surface area contributed by atoms with Crippen molar-refractivity contribution in [3.8, 4) is 0 Å². The van der Waals surface area contributed by atoms with E-state index in [0.29, 0.717) is 5.69 Å². The molecular weight excluding hydrogens is 255 g/mol. The molecule has 0 amide bonds. The zero-order chi connectivity index (χ0) is 16.3. The van der Waals surface area contributed by atoms with Crippen molar-refractivity contribution in [1.29, 1.82) is 5.41 Å². The number of benzene rings is 1. The van der Waals surface area contributed by atoms with Crippen LogP contribution in [0.2, 0.25) is 0 Å². The van der Waals surface area contributed by atoms with Gasteiger partial charge >= 0.3 is 0 Å². The van der Waals surface area contributed by atoms with Gasteiger partial charge in [0, 0.05) is 11.4 Å². The lowest BCUT2D eigenvalue weighted by Crippen LogP contribution is -2.13. The number of hydrogen-bond donors (Lipinski definition) is 2. The number of aryl methyl sites for hydroxylation is 1. The maximum atomic E-state index is 13.6. The van der Waals surface area contributed by atoms with Crippen LogP contribution in [-0.2, 0) is 4.79 Å². The molecule has 4 heteroatoms. The molecule has 20 heavy (non-hydrogen) atoms. The van der Waals surface area contributed by atoms with Crippen LogP contribution in [-0.4, -0.2) is 18.0 Å². The molecule has 1 aromatic carbocycles. The average molecular weight is 282 g/mol. The fraction of sp³-hybridized carbons (Fsp3) is 0.500. The molecule has 0 spiro atoms. The molecule has 0 atom stereocenters. The Morgan fingerprint density at radius 1 is 1.20 bits per heavy atom. The molecule has 0 aromatic heterocycles. The van der Waals surface area contributed by atoms with Gasteiger partial charge in [0.15, 0.2) is 0 Å². The Hall–Kier alpha value is -1.71. The first-order valence-corrected chi connectivity index (χ1v) is 7.00. The van der Waals surface area contributed by atoms with Crippen LogP contribution in [0, 0.1) is 18.2 Å². The van der Waals surface area contributed by atoms with Crippen LogP contribution in [0.3, 0.4) is 0 Å². The Morgan fingerprint density at radius 2 is 1.70 bits per heavy atom. The highest BCUT2D eigenvalue weighted by Crippen LogP contribution is 2.21. The number of carbonyl (C=O) groups is 1. The van der Waals surface area contributed by atoms with E-state index in [1.54, 1.807) is 13.0 Å². The topological polar surface area (TPSA) is 53.0 Å².